The van der Waals surface area contributed by atoms with Crippen molar-refractivity contribution in [2.45, 2.75) is 20.8 Å². The second kappa shape index (κ2) is 6.58. The van der Waals surface area contributed by atoms with E-state index in [1.54, 1.807) is 0 Å². The molecule has 0 bridgehead atoms. The van der Waals surface area contributed by atoms with Gasteiger partial charge in [-0.05, 0) is 0 Å². The van der Waals surface area contributed by atoms with E-state index in [1.807, 2.05) is 0 Å². The highest BCUT2D eigenvalue weighted by atomic mass is 16.6. The lowest BCUT2D eigenvalue weighted by molar-refractivity contribution is -0.145. The van der Waals surface area contributed by atoms with Gasteiger partial charge < -0.3 is 14.2 Å². The molecule has 6 heteroatoms. The van der Waals surface area contributed by atoms with E-state index in [-0.39, 0.29) is 12.4 Å². The topological polar surface area (TPSA) is 78.9 Å². The Kier molecular flexibility index (Phi) is 5.77. The summed E-state index contributed by atoms with van der Waals surface area (Å²) in [6.07, 6.45) is 0.923. The maximum atomic E-state index is 10.6. The molecule has 0 radical (unpaired) electrons. The Bertz CT molecular complexity index is 291. The van der Waals surface area contributed by atoms with Gasteiger partial charge in [0.15, 0.2) is 12.4 Å². The summed E-state index contributed by atoms with van der Waals surface area (Å²) in [5.41, 5.74) is 0. The van der Waals surface area contributed by atoms with Crippen molar-refractivity contribution in [3.05, 3.63) is 12.0 Å². The first-order valence-corrected chi connectivity index (χ1v) is 4.10. The van der Waals surface area contributed by atoms with Crippen molar-refractivity contribution in [1.29, 1.82) is 0 Å². The fourth-order valence-corrected chi connectivity index (χ4v) is 0.594. The van der Waals surface area contributed by atoms with Crippen LogP contribution in [-0.4, -0.2) is 24.5 Å². The predicted molar refractivity (Wildman–Crippen MR) is 48.2 cm³/mol. The van der Waals surface area contributed by atoms with Crippen LogP contribution in [0.1, 0.15) is 20.8 Å². The van der Waals surface area contributed by atoms with Gasteiger partial charge in [0.1, 0.15) is 6.26 Å². The number of esters is 3. The minimum Gasteiger partial charge on any atom is -0.458 e. The number of hydrogen-bond acceptors (Lipinski definition) is 6. The quantitative estimate of drug-likeness (QED) is 0.387. The minimum atomic E-state index is -0.597. The number of rotatable bonds is 4. The molecule has 0 N–H and O–H groups in total. The lowest BCUT2D eigenvalue weighted by Crippen LogP contribution is -2.09. The molecule has 0 aromatic heterocycles. The average molecular weight is 216 g/mol. The van der Waals surface area contributed by atoms with Gasteiger partial charge in [-0.2, -0.15) is 0 Å². The van der Waals surface area contributed by atoms with E-state index in [0.717, 1.165) is 6.26 Å². The molecule has 0 heterocycles. The minimum absolute atomic E-state index is 0.0482. The SMILES string of the molecule is CC(=O)O/C=C(\COC(C)=O)OC(C)=O. The van der Waals surface area contributed by atoms with Crippen molar-refractivity contribution >= 4 is 17.9 Å². The molecule has 84 valence electrons. The molecule has 15 heavy (non-hydrogen) atoms. The Morgan fingerprint density at radius 3 is 2.00 bits per heavy atom. The second-order valence-electron chi connectivity index (χ2n) is 2.57. The van der Waals surface area contributed by atoms with Crippen molar-refractivity contribution in [3.8, 4) is 0 Å². The molecular formula is C9H12O6. The van der Waals surface area contributed by atoms with Crippen molar-refractivity contribution in [2.24, 2.45) is 0 Å². The van der Waals surface area contributed by atoms with E-state index in [0.29, 0.717) is 0 Å². The molecule has 0 aliphatic carbocycles. The van der Waals surface area contributed by atoms with Crippen LogP contribution >= 0.6 is 0 Å². The molecular weight excluding hydrogens is 204 g/mol. The normalized spacial score (nSPS) is 10.5. The van der Waals surface area contributed by atoms with Gasteiger partial charge in [0.25, 0.3) is 0 Å². The molecule has 0 amide bonds. The molecule has 0 aromatic rings. The first kappa shape index (κ1) is 13.2. The van der Waals surface area contributed by atoms with Crippen molar-refractivity contribution in [3.63, 3.8) is 0 Å². The van der Waals surface area contributed by atoms with Crippen LogP contribution in [0.4, 0.5) is 0 Å². The monoisotopic (exact) mass is 216 g/mol. The van der Waals surface area contributed by atoms with Gasteiger partial charge in [-0.3, -0.25) is 14.4 Å². The summed E-state index contributed by atoms with van der Waals surface area (Å²) < 4.78 is 13.6. The van der Waals surface area contributed by atoms with E-state index < -0.39 is 17.9 Å². The van der Waals surface area contributed by atoms with Gasteiger partial charge in [-0.1, -0.05) is 0 Å². The van der Waals surface area contributed by atoms with Crippen molar-refractivity contribution < 1.29 is 28.6 Å². The van der Waals surface area contributed by atoms with Crippen LogP contribution < -0.4 is 0 Å². The summed E-state index contributed by atoms with van der Waals surface area (Å²) in [7, 11) is 0. The van der Waals surface area contributed by atoms with Gasteiger partial charge in [0.05, 0.1) is 0 Å². The summed E-state index contributed by atoms with van der Waals surface area (Å²) in [6.45, 7) is 3.31. The van der Waals surface area contributed by atoms with Gasteiger partial charge in [-0.25, -0.2) is 0 Å². The summed E-state index contributed by atoms with van der Waals surface area (Å²) >= 11 is 0. The summed E-state index contributed by atoms with van der Waals surface area (Å²) in [5.74, 6) is -1.74. The molecule has 0 aliphatic heterocycles. The fourth-order valence-electron chi connectivity index (χ4n) is 0.594. The first-order chi connectivity index (χ1) is 6.91. The Balaban J connectivity index is 4.29. The molecule has 0 spiro atoms. The molecule has 0 saturated carbocycles. The van der Waals surface area contributed by atoms with Crippen LogP contribution in [0.2, 0.25) is 0 Å². The van der Waals surface area contributed by atoms with Gasteiger partial charge in [0.2, 0.25) is 0 Å². The molecule has 0 atom stereocenters. The molecule has 0 fully saturated rings. The summed E-state index contributed by atoms with van der Waals surface area (Å²) in [6, 6.07) is 0. The Hall–Kier alpha value is -1.85. The Morgan fingerprint density at radius 2 is 1.60 bits per heavy atom. The third-order valence-corrected chi connectivity index (χ3v) is 1.05. The van der Waals surface area contributed by atoms with E-state index in [9.17, 15) is 14.4 Å². The maximum absolute atomic E-state index is 10.6. The highest BCUT2D eigenvalue weighted by molar-refractivity contribution is 5.69. The van der Waals surface area contributed by atoms with Crippen LogP contribution in [0.5, 0.6) is 0 Å². The molecule has 0 saturated heterocycles. The highest BCUT2D eigenvalue weighted by Gasteiger charge is 2.06. The summed E-state index contributed by atoms with van der Waals surface area (Å²) in [5, 5.41) is 0. The molecule has 0 rings (SSSR count). The standard InChI is InChI=1S/C9H12O6/c1-6(10)13-4-9(15-8(3)12)5-14-7(2)11/h4H,5H2,1-3H3/b9-4+. The number of carbonyl (C=O) groups excluding carboxylic acids is 3. The van der Waals surface area contributed by atoms with Crippen LogP contribution in [0.3, 0.4) is 0 Å². The molecule has 0 aromatic carbocycles. The van der Waals surface area contributed by atoms with E-state index in [2.05, 4.69) is 14.2 Å². The summed E-state index contributed by atoms with van der Waals surface area (Å²) in [4.78, 5) is 31.5. The van der Waals surface area contributed by atoms with Gasteiger partial charge in [0, 0.05) is 20.8 Å². The third kappa shape index (κ3) is 8.48. The highest BCUT2D eigenvalue weighted by Crippen LogP contribution is 2.00. The van der Waals surface area contributed by atoms with E-state index in [1.165, 1.54) is 20.8 Å². The Labute approximate surface area is 86.8 Å². The molecule has 0 unspecified atom stereocenters. The zero-order valence-corrected chi connectivity index (χ0v) is 8.73. The zero-order valence-electron chi connectivity index (χ0n) is 8.73. The second-order valence-corrected chi connectivity index (χ2v) is 2.57. The molecule has 0 aliphatic rings. The van der Waals surface area contributed by atoms with Gasteiger partial charge >= 0.3 is 17.9 Å². The van der Waals surface area contributed by atoms with Gasteiger partial charge in [-0.15, -0.1) is 0 Å². The predicted octanol–water partition coefficient (Wildman–Crippen LogP) is 0.517. The van der Waals surface area contributed by atoms with Crippen molar-refractivity contribution in [1.82, 2.24) is 0 Å². The smallest absolute Gasteiger partial charge is 0.307 e. The van der Waals surface area contributed by atoms with Crippen molar-refractivity contribution in [2.75, 3.05) is 6.61 Å². The van der Waals surface area contributed by atoms with E-state index >= 15 is 0 Å². The first-order valence-electron chi connectivity index (χ1n) is 4.10. The maximum Gasteiger partial charge on any atom is 0.307 e. The number of hydrogen-bond donors (Lipinski definition) is 0. The Morgan fingerprint density at radius 1 is 1.00 bits per heavy atom. The number of ether oxygens (including phenoxy) is 3. The van der Waals surface area contributed by atoms with Crippen LogP contribution in [0, 0.1) is 0 Å². The van der Waals surface area contributed by atoms with E-state index in [4.69, 9.17) is 0 Å². The fraction of sp³-hybridized carbons (Fsp3) is 0.444. The average Bonchev–Trinajstić information content (AvgIpc) is 2.08. The zero-order chi connectivity index (χ0) is 11.8. The largest absolute Gasteiger partial charge is 0.458 e. The van der Waals surface area contributed by atoms with Crippen LogP contribution in [-0.2, 0) is 28.6 Å². The van der Waals surface area contributed by atoms with Crippen LogP contribution in [0.15, 0.2) is 12.0 Å². The number of carbonyl (C=O) groups is 3. The lowest BCUT2D eigenvalue weighted by atomic mass is 10.5. The molecule has 6 nitrogen and oxygen atoms in total. The van der Waals surface area contributed by atoms with Crippen LogP contribution in [0.25, 0.3) is 0 Å². The lowest BCUT2D eigenvalue weighted by Gasteiger charge is -2.06. The third-order valence-electron chi connectivity index (χ3n) is 1.05.